The maximum Gasteiger partial charge on any atom is 0.329 e. The van der Waals surface area contributed by atoms with Crippen molar-refractivity contribution in [2.45, 2.75) is 0 Å². The van der Waals surface area contributed by atoms with Gasteiger partial charge >= 0.3 is 12.0 Å². The second-order valence-corrected chi connectivity index (χ2v) is 3.00. The van der Waals surface area contributed by atoms with Gasteiger partial charge in [0.25, 0.3) is 0 Å². The van der Waals surface area contributed by atoms with Crippen LogP contribution in [0.3, 0.4) is 0 Å². The van der Waals surface area contributed by atoms with E-state index in [4.69, 9.17) is 21.1 Å². The molecule has 7 heteroatoms. The van der Waals surface area contributed by atoms with Gasteiger partial charge in [-0.1, -0.05) is 0 Å². The van der Waals surface area contributed by atoms with Crippen molar-refractivity contribution in [1.82, 2.24) is 19.9 Å². The summed E-state index contributed by atoms with van der Waals surface area (Å²) >= 11 is 5.66. The molecule has 2 heterocycles. The van der Waals surface area contributed by atoms with Crippen LogP contribution in [0.1, 0.15) is 0 Å². The first-order valence-electron chi connectivity index (χ1n) is 4.31. The van der Waals surface area contributed by atoms with Crippen molar-refractivity contribution in [3.63, 3.8) is 0 Å². The number of pyridine rings is 1. The summed E-state index contributed by atoms with van der Waals surface area (Å²) in [7, 11) is 1.43. The van der Waals surface area contributed by atoms with Crippen molar-refractivity contribution in [3.8, 4) is 17.8 Å². The van der Waals surface area contributed by atoms with Crippen LogP contribution < -0.4 is 9.47 Å². The smallest absolute Gasteiger partial charge is 0.329 e. The zero-order valence-corrected chi connectivity index (χ0v) is 9.05. The van der Waals surface area contributed by atoms with Crippen LogP contribution in [0.2, 0.25) is 5.28 Å². The maximum absolute atomic E-state index is 5.66. The van der Waals surface area contributed by atoms with Gasteiger partial charge in [-0.25, -0.2) is 0 Å². The van der Waals surface area contributed by atoms with E-state index >= 15 is 0 Å². The number of ether oxygens (including phenoxy) is 2. The minimum atomic E-state index is 0.00532. The van der Waals surface area contributed by atoms with E-state index in [0.717, 1.165) is 0 Å². The van der Waals surface area contributed by atoms with Crippen LogP contribution >= 0.6 is 11.6 Å². The van der Waals surface area contributed by atoms with Gasteiger partial charge in [0, 0.05) is 6.20 Å². The van der Waals surface area contributed by atoms with Crippen LogP contribution in [0, 0.1) is 0 Å². The van der Waals surface area contributed by atoms with E-state index in [1.807, 2.05) is 0 Å². The molecule has 2 aromatic heterocycles. The molecule has 0 aromatic carbocycles. The summed E-state index contributed by atoms with van der Waals surface area (Å²) < 4.78 is 10.1. The number of hydrogen-bond donors (Lipinski definition) is 0. The third-order valence-corrected chi connectivity index (χ3v) is 1.76. The van der Waals surface area contributed by atoms with Gasteiger partial charge in [0.1, 0.15) is 5.75 Å². The highest BCUT2D eigenvalue weighted by atomic mass is 35.5. The highest BCUT2D eigenvalue weighted by molar-refractivity contribution is 6.28. The van der Waals surface area contributed by atoms with Crippen LogP contribution in [-0.4, -0.2) is 27.0 Å². The van der Waals surface area contributed by atoms with Gasteiger partial charge in [-0.3, -0.25) is 4.98 Å². The fourth-order valence-electron chi connectivity index (χ4n) is 0.964. The molecule has 0 radical (unpaired) electrons. The molecule has 82 valence electrons. The summed E-state index contributed by atoms with van der Waals surface area (Å²) in [4.78, 5) is 15.3. The maximum atomic E-state index is 5.66. The Bertz CT molecular complexity index is 480. The predicted molar refractivity (Wildman–Crippen MR) is 55.7 cm³/mol. The van der Waals surface area contributed by atoms with E-state index < -0.39 is 0 Å². The largest absolute Gasteiger partial charge is 0.467 e. The molecule has 0 N–H and O–H groups in total. The van der Waals surface area contributed by atoms with Crippen molar-refractivity contribution in [3.05, 3.63) is 29.8 Å². The molecule has 16 heavy (non-hydrogen) atoms. The molecule has 0 saturated carbocycles. The molecule has 2 aromatic rings. The van der Waals surface area contributed by atoms with E-state index in [9.17, 15) is 0 Å². The Morgan fingerprint density at radius 3 is 2.69 bits per heavy atom. The lowest BCUT2D eigenvalue weighted by Crippen LogP contribution is -1.98. The summed E-state index contributed by atoms with van der Waals surface area (Å²) in [5.41, 5.74) is 0. The number of aromatic nitrogens is 4. The molecule has 0 amide bonds. The number of methoxy groups -OCH3 is 1. The Hall–Kier alpha value is -1.95. The van der Waals surface area contributed by atoms with Crippen LogP contribution in [-0.2, 0) is 0 Å². The van der Waals surface area contributed by atoms with Crippen LogP contribution in [0.4, 0.5) is 0 Å². The average molecular weight is 239 g/mol. The lowest BCUT2D eigenvalue weighted by molar-refractivity contribution is 0.358. The fraction of sp³-hybridized carbons (Fsp3) is 0.111. The molecular weight excluding hydrogens is 232 g/mol. The zero-order chi connectivity index (χ0) is 11.4. The second-order valence-electron chi connectivity index (χ2n) is 2.66. The van der Waals surface area contributed by atoms with Gasteiger partial charge in [-0.05, 0) is 23.7 Å². The summed E-state index contributed by atoms with van der Waals surface area (Å²) in [5, 5.41) is 0.00532. The molecule has 0 saturated heterocycles. The monoisotopic (exact) mass is 238 g/mol. The Kier molecular flexibility index (Phi) is 3.11. The first-order chi connectivity index (χ1) is 7.78. The van der Waals surface area contributed by atoms with Crippen LogP contribution in [0.15, 0.2) is 24.5 Å². The van der Waals surface area contributed by atoms with E-state index in [1.54, 1.807) is 18.3 Å². The van der Waals surface area contributed by atoms with Gasteiger partial charge in [-0.15, -0.1) is 4.98 Å². The van der Waals surface area contributed by atoms with E-state index in [0.29, 0.717) is 5.75 Å². The van der Waals surface area contributed by atoms with Gasteiger partial charge in [0.15, 0.2) is 0 Å². The lowest BCUT2D eigenvalue weighted by Gasteiger charge is -2.03. The molecule has 0 aliphatic rings. The number of halogens is 1. The Balaban J connectivity index is 2.24. The predicted octanol–water partition coefficient (Wildman–Crippen LogP) is 1.72. The summed E-state index contributed by atoms with van der Waals surface area (Å²) in [5.74, 6) is 0.506. The van der Waals surface area contributed by atoms with E-state index in [-0.39, 0.29) is 17.3 Å². The highest BCUT2D eigenvalue weighted by Gasteiger charge is 2.06. The molecular formula is C9H7ClN4O2. The third kappa shape index (κ3) is 2.54. The van der Waals surface area contributed by atoms with E-state index in [1.165, 1.54) is 13.3 Å². The summed E-state index contributed by atoms with van der Waals surface area (Å²) in [6.07, 6.45) is 3.16. The fourth-order valence-corrected chi connectivity index (χ4v) is 1.11. The highest BCUT2D eigenvalue weighted by Crippen LogP contribution is 2.18. The van der Waals surface area contributed by atoms with Crippen LogP contribution in [0.5, 0.6) is 17.8 Å². The minimum Gasteiger partial charge on any atom is -0.467 e. The normalized spacial score (nSPS) is 9.88. The number of hydrogen-bond acceptors (Lipinski definition) is 6. The molecule has 6 nitrogen and oxygen atoms in total. The molecule has 0 unspecified atom stereocenters. The third-order valence-electron chi connectivity index (χ3n) is 1.59. The Labute approximate surface area is 96.3 Å². The Morgan fingerprint density at radius 1 is 1.19 bits per heavy atom. The quantitative estimate of drug-likeness (QED) is 0.811. The first kappa shape index (κ1) is 10.6. The number of nitrogens with zero attached hydrogens (tertiary/aromatic N) is 4. The molecule has 2 rings (SSSR count). The van der Waals surface area contributed by atoms with Crippen LogP contribution in [0.25, 0.3) is 0 Å². The zero-order valence-electron chi connectivity index (χ0n) is 8.29. The van der Waals surface area contributed by atoms with Crippen molar-refractivity contribution in [2.24, 2.45) is 0 Å². The van der Waals surface area contributed by atoms with Gasteiger partial charge in [0.05, 0.1) is 13.3 Å². The first-order valence-corrected chi connectivity index (χ1v) is 4.69. The van der Waals surface area contributed by atoms with Crippen molar-refractivity contribution in [1.29, 1.82) is 0 Å². The standard InChI is InChI=1S/C9H7ClN4O2/c1-15-8-12-7(10)13-9(14-8)16-6-3-2-4-11-5-6/h2-5H,1H3. The van der Waals surface area contributed by atoms with Gasteiger partial charge in [0.2, 0.25) is 5.28 Å². The van der Waals surface area contributed by atoms with Crippen molar-refractivity contribution in [2.75, 3.05) is 7.11 Å². The number of rotatable bonds is 3. The topological polar surface area (TPSA) is 70.0 Å². The molecule has 0 atom stereocenters. The average Bonchev–Trinajstić information content (AvgIpc) is 2.29. The van der Waals surface area contributed by atoms with E-state index in [2.05, 4.69) is 19.9 Å². The van der Waals surface area contributed by atoms with Gasteiger partial charge < -0.3 is 9.47 Å². The molecule has 0 fully saturated rings. The molecule has 0 aliphatic heterocycles. The molecule has 0 aliphatic carbocycles. The summed E-state index contributed by atoms with van der Waals surface area (Å²) in [6, 6.07) is 3.61. The van der Waals surface area contributed by atoms with Gasteiger partial charge in [-0.2, -0.15) is 9.97 Å². The SMILES string of the molecule is COc1nc(Cl)nc(Oc2cccnc2)n1. The second kappa shape index (κ2) is 4.71. The minimum absolute atomic E-state index is 0.00532. The summed E-state index contributed by atoms with van der Waals surface area (Å²) in [6.45, 7) is 0. The molecule has 0 bridgehead atoms. The Morgan fingerprint density at radius 2 is 2.00 bits per heavy atom. The molecule has 0 spiro atoms. The van der Waals surface area contributed by atoms with Crippen molar-refractivity contribution >= 4 is 11.6 Å². The van der Waals surface area contributed by atoms with Crippen molar-refractivity contribution < 1.29 is 9.47 Å². The lowest BCUT2D eigenvalue weighted by atomic mass is 10.5.